The molecule has 0 aliphatic carbocycles. The molecule has 0 spiro atoms. The second-order valence-electron chi connectivity index (χ2n) is 4.62. The highest BCUT2D eigenvalue weighted by Crippen LogP contribution is 2.36. The molecule has 0 aliphatic heterocycles. The molecule has 1 heterocycles. The van der Waals surface area contributed by atoms with Crippen molar-refractivity contribution in [1.82, 2.24) is 4.98 Å². The molecule has 0 N–H and O–H groups in total. The standard InChI is InChI=1S/C16H12F3NO/c1-10(2)13-6-12(16(17,18)19)7-14(15(13)9-21)11-4-3-5-20-8-11/h3-9H,1H2,2H3. The van der Waals surface area contributed by atoms with Gasteiger partial charge in [0, 0.05) is 23.5 Å². The molecule has 2 nitrogen and oxygen atoms in total. The number of benzene rings is 1. The van der Waals surface area contributed by atoms with Gasteiger partial charge in [-0.15, -0.1) is 0 Å². The summed E-state index contributed by atoms with van der Waals surface area (Å²) in [5.74, 6) is 0. The second kappa shape index (κ2) is 5.52. The maximum Gasteiger partial charge on any atom is 0.416 e. The van der Waals surface area contributed by atoms with E-state index in [9.17, 15) is 18.0 Å². The van der Waals surface area contributed by atoms with Crippen molar-refractivity contribution in [2.75, 3.05) is 0 Å². The van der Waals surface area contributed by atoms with Crippen LogP contribution in [-0.4, -0.2) is 11.3 Å². The van der Waals surface area contributed by atoms with Crippen molar-refractivity contribution in [3.05, 3.63) is 59.9 Å². The number of hydrogen-bond donors (Lipinski definition) is 0. The summed E-state index contributed by atoms with van der Waals surface area (Å²) in [7, 11) is 0. The first-order chi connectivity index (χ1) is 9.84. The number of pyridine rings is 1. The van der Waals surface area contributed by atoms with E-state index in [2.05, 4.69) is 11.6 Å². The lowest BCUT2D eigenvalue weighted by molar-refractivity contribution is -0.137. The van der Waals surface area contributed by atoms with Crippen LogP contribution in [0, 0.1) is 0 Å². The maximum atomic E-state index is 13.0. The van der Waals surface area contributed by atoms with E-state index in [1.165, 1.54) is 12.4 Å². The highest BCUT2D eigenvalue weighted by atomic mass is 19.4. The van der Waals surface area contributed by atoms with Crippen molar-refractivity contribution in [1.29, 1.82) is 0 Å². The van der Waals surface area contributed by atoms with Gasteiger partial charge in [-0.3, -0.25) is 9.78 Å². The molecule has 5 heteroatoms. The summed E-state index contributed by atoms with van der Waals surface area (Å²) in [6.07, 6.45) is -1.02. The van der Waals surface area contributed by atoms with Crippen LogP contribution in [0.3, 0.4) is 0 Å². The molecular weight excluding hydrogens is 279 g/mol. The Kier molecular flexibility index (Phi) is 3.93. The molecule has 0 radical (unpaired) electrons. The minimum atomic E-state index is -4.50. The van der Waals surface area contributed by atoms with Gasteiger partial charge in [-0.05, 0) is 36.2 Å². The van der Waals surface area contributed by atoms with E-state index in [1.807, 2.05) is 0 Å². The smallest absolute Gasteiger partial charge is 0.298 e. The first-order valence-corrected chi connectivity index (χ1v) is 6.11. The minimum absolute atomic E-state index is 0.184. The Balaban J connectivity index is 2.81. The molecule has 21 heavy (non-hydrogen) atoms. The Morgan fingerprint density at radius 3 is 2.52 bits per heavy atom. The average Bonchev–Trinajstić information content (AvgIpc) is 2.45. The molecule has 108 valence electrons. The molecule has 0 atom stereocenters. The van der Waals surface area contributed by atoms with Crippen LogP contribution < -0.4 is 0 Å². The number of carbonyl (C=O) groups is 1. The zero-order chi connectivity index (χ0) is 15.6. The molecule has 0 fully saturated rings. The van der Waals surface area contributed by atoms with Crippen LogP contribution in [0.1, 0.15) is 28.4 Å². The molecule has 0 aliphatic rings. The molecule has 0 unspecified atom stereocenters. The monoisotopic (exact) mass is 291 g/mol. The summed E-state index contributed by atoms with van der Waals surface area (Å²) in [6, 6.07) is 5.13. The first kappa shape index (κ1) is 15.0. The van der Waals surface area contributed by atoms with E-state index in [4.69, 9.17) is 0 Å². The SMILES string of the molecule is C=C(C)c1cc(C(F)(F)F)cc(-c2cccnc2)c1C=O. The molecule has 1 aromatic carbocycles. The van der Waals surface area contributed by atoms with Crippen LogP contribution in [0.2, 0.25) is 0 Å². The molecule has 0 saturated heterocycles. The fourth-order valence-electron chi connectivity index (χ4n) is 2.06. The number of hydrogen-bond acceptors (Lipinski definition) is 2. The topological polar surface area (TPSA) is 30.0 Å². The molecule has 0 amide bonds. The van der Waals surface area contributed by atoms with Crippen LogP contribution in [0.5, 0.6) is 0 Å². The van der Waals surface area contributed by atoms with Crippen molar-refractivity contribution in [3.8, 4) is 11.1 Å². The van der Waals surface area contributed by atoms with E-state index in [0.717, 1.165) is 12.1 Å². The molecule has 2 aromatic rings. The predicted molar refractivity (Wildman–Crippen MR) is 74.8 cm³/mol. The highest BCUT2D eigenvalue weighted by Gasteiger charge is 2.32. The third-order valence-corrected chi connectivity index (χ3v) is 3.06. The van der Waals surface area contributed by atoms with Gasteiger partial charge in [0.1, 0.15) is 0 Å². The summed E-state index contributed by atoms with van der Waals surface area (Å²) in [6.45, 7) is 5.22. The number of nitrogens with zero attached hydrogens (tertiary/aromatic N) is 1. The van der Waals surface area contributed by atoms with E-state index in [0.29, 0.717) is 17.4 Å². The second-order valence-corrected chi connectivity index (χ2v) is 4.62. The zero-order valence-electron chi connectivity index (χ0n) is 11.2. The summed E-state index contributed by atoms with van der Waals surface area (Å²) in [5, 5.41) is 0. The van der Waals surface area contributed by atoms with Crippen LogP contribution in [-0.2, 0) is 6.18 Å². The Labute approximate surface area is 120 Å². The lowest BCUT2D eigenvalue weighted by atomic mass is 9.91. The van der Waals surface area contributed by atoms with E-state index < -0.39 is 11.7 Å². The van der Waals surface area contributed by atoms with Crippen LogP contribution in [0.4, 0.5) is 13.2 Å². The van der Waals surface area contributed by atoms with Gasteiger partial charge in [0.25, 0.3) is 0 Å². The minimum Gasteiger partial charge on any atom is -0.298 e. The fourth-order valence-corrected chi connectivity index (χ4v) is 2.06. The summed E-state index contributed by atoms with van der Waals surface area (Å²) in [5.41, 5.74) is 0.611. The predicted octanol–water partition coefficient (Wildman–Crippen LogP) is 4.61. The molecule has 1 aromatic heterocycles. The quantitative estimate of drug-likeness (QED) is 0.773. The molecule has 0 bridgehead atoms. The van der Waals surface area contributed by atoms with Gasteiger partial charge in [-0.1, -0.05) is 18.2 Å². The van der Waals surface area contributed by atoms with Gasteiger partial charge in [0.05, 0.1) is 5.56 Å². The Morgan fingerprint density at radius 1 is 1.33 bits per heavy atom. The number of allylic oxidation sites excluding steroid dienone is 1. The van der Waals surface area contributed by atoms with E-state index >= 15 is 0 Å². The van der Waals surface area contributed by atoms with E-state index in [1.54, 1.807) is 19.1 Å². The number of halogens is 3. The van der Waals surface area contributed by atoms with Gasteiger partial charge in [0.15, 0.2) is 6.29 Å². The van der Waals surface area contributed by atoms with Crippen LogP contribution in [0.25, 0.3) is 16.7 Å². The van der Waals surface area contributed by atoms with Crippen molar-refractivity contribution in [3.63, 3.8) is 0 Å². The summed E-state index contributed by atoms with van der Waals surface area (Å²) < 4.78 is 39.1. The summed E-state index contributed by atoms with van der Waals surface area (Å²) >= 11 is 0. The lowest BCUT2D eigenvalue weighted by Crippen LogP contribution is -2.08. The van der Waals surface area contributed by atoms with Crippen molar-refractivity contribution in [2.45, 2.75) is 13.1 Å². The van der Waals surface area contributed by atoms with Crippen molar-refractivity contribution >= 4 is 11.9 Å². The highest BCUT2D eigenvalue weighted by molar-refractivity contribution is 5.94. The van der Waals surface area contributed by atoms with Crippen molar-refractivity contribution in [2.24, 2.45) is 0 Å². The van der Waals surface area contributed by atoms with E-state index in [-0.39, 0.29) is 16.7 Å². The third-order valence-electron chi connectivity index (χ3n) is 3.06. The first-order valence-electron chi connectivity index (χ1n) is 6.11. The number of aromatic nitrogens is 1. The van der Waals surface area contributed by atoms with Gasteiger partial charge in [-0.2, -0.15) is 13.2 Å². The number of rotatable bonds is 3. The Hall–Kier alpha value is -2.43. The van der Waals surface area contributed by atoms with Crippen LogP contribution >= 0.6 is 0 Å². The maximum absolute atomic E-state index is 13.0. The third kappa shape index (κ3) is 3.02. The Morgan fingerprint density at radius 2 is 2.05 bits per heavy atom. The number of aldehydes is 1. The molecular formula is C16H12F3NO. The lowest BCUT2D eigenvalue weighted by Gasteiger charge is -2.15. The van der Waals surface area contributed by atoms with Gasteiger partial charge in [0.2, 0.25) is 0 Å². The molecule has 0 saturated carbocycles. The van der Waals surface area contributed by atoms with Gasteiger partial charge in [-0.25, -0.2) is 0 Å². The van der Waals surface area contributed by atoms with Gasteiger partial charge >= 0.3 is 6.18 Å². The average molecular weight is 291 g/mol. The van der Waals surface area contributed by atoms with Crippen molar-refractivity contribution < 1.29 is 18.0 Å². The number of carbonyl (C=O) groups excluding carboxylic acids is 1. The molecule has 2 rings (SSSR count). The number of alkyl halides is 3. The largest absolute Gasteiger partial charge is 0.416 e. The zero-order valence-corrected chi connectivity index (χ0v) is 11.2. The van der Waals surface area contributed by atoms with Crippen LogP contribution in [0.15, 0.2) is 43.2 Å². The summed E-state index contributed by atoms with van der Waals surface area (Å²) in [4.78, 5) is 15.2. The normalized spacial score (nSPS) is 11.2. The Bertz CT molecular complexity index is 691. The van der Waals surface area contributed by atoms with Gasteiger partial charge < -0.3 is 0 Å². The fraction of sp³-hybridized carbons (Fsp3) is 0.125.